The summed E-state index contributed by atoms with van der Waals surface area (Å²) in [5, 5.41) is 0. The molecule has 1 amide bonds. The molecule has 82 valence electrons. The number of nitrogens with zero attached hydrogens (tertiary/aromatic N) is 1. The summed E-state index contributed by atoms with van der Waals surface area (Å²) in [7, 11) is 0. The molecule has 1 saturated heterocycles. The molecule has 2 heterocycles. The average molecular weight is 210 g/mol. The highest BCUT2D eigenvalue weighted by molar-refractivity contribution is 5.94. The van der Waals surface area contributed by atoms with Crippen LogP contribution in [0, 0.1) is 6.92 Å². The second-order valence-corrected chi connectivity index (χ2v) is 3.55. The number of aryl methyl sites for hydroxylation is 1. The molecule has 1 aliphatic rings. The van der Waals surface area contributed by atoms with Crippen LogP contribution in [-0.4, -0.2) is 31.7 Å². The SMILES string of the molecule is Cc1ccc(N2C(=O)COCC2CN)o1. The summed E-state index contributed by atoms with van der Waals surface area (Å²) in [6.07, 6.45) is 0. The van der Waals surface area contributed by atoms with E-state index >= 15 is 0 Å². The van der Waals surface area contributed by atoms with Crippen molar-refractivity contribution in [3.05, 3.63) is 17.9 Å². The molecule has 0 aliphatic carbocycles. The Morgan fingerprint density at radius 2 is 2.40 bits per heavy atom. The van der Waals surface area contributed by atoms with E-state index in [1.165, 1.54) is 0 Å². The van der Waals surface area contributed by atoms with Crippen molar-refractivity contribution in [2.75, 3.05) is 24.7 Å². The van der Waals surface area contributed by atoms with E-state index in [1.807, 2.05) is 13.0 Å². The maximum atomic E-state index is 11.7. The van der Waals surface area contributed by atoms with Gasteiger partial charge in [0.15, 0.2) is 0 Å². The summed E-state index contributed by atoms with van der Waals surface area (Å²) in [6, 6.07) is 3.48. The fraction of sp³-hybridized carbons (Fsp3) is 0.500. The number of hydrogen-bond acceptors (Lipinski definition) is 4. The quantitative estimate of drug-likeness (QED) is 0.761. The van der Waals surface area contributed by atoms with E-state index in [0.29, 0.717) is 19.0 Å². The van der Waals surface area contributed by atoms with Crippen molar-refractivity contribution in [2.45, 2.75) is 13.0 Å². The maximum Gasteiger partial charge on any atom is 0.255 e. The lowest BCUT2D eigenvalue weighted by molar-refractivity contribution is -0.127. The Labute approximate surface area is 87.8 Å². The molecular formula is C10H14N2O3. The van der Waals surface area contributed by atoms with E-state index in [-0.39, 0.29) is 18.6 Å². The number of carbonyl (C=O) groups excluding carboxylic acids is 1. The van der Waals surface area contributed by atoms with Crippen LogP contribution in [0.1, 0.15) is 5.76 Å². The molecule has 0 spiro atoms. The third kappa shape index (κ3) is 1.88. The number of hydrogen-bond donors (Lipinski definition) is 1. The minimum Gasteiger partial charge on any atom is -0.445 e. The van der Waals surface area contributed by atoms with Crippen LogP contribution in [-0.2, 0) is 9.53 Å². The fourth-order valence-electron chi connectivity index (χ4n) is 1.66. The van der Waals surface area contributed by atoms with Crippen LogP contribution in [0.15, 0.2) is 16.5 Å². The average Bonchev–Trinajstić information content (AvgIpc) is 2.64. The van der Waals surface area contributed by atoms with Gasteiger partial charge in [0.25, 0.3) is 5.91 Å². The van der Waals surface area contributed by atoms with Gasteiger partial charge in [-0.1, -0.05) is 0 Å². The van der Waals surface area contributed by atoms with Crippen LogP contribution in [0.4, 0.5) is 5.88 Å². The van der Waals surface area contributed by atoms with Crippen molar-refractivity contribution in [2.24, 2.45) is 5.73 Å². The molecule has 5 nitrogen and oxygen atoms in total. The minimum atomic E-state index is -0.128. The molecule has 0 aromatic carbocycles. The Hall–Kier alpha value is -1.33. The van der Waals surface area contributed by atoms with E-state index in [1.54, 1.807) is 11.0 Å². The van der Waals surface area contributed by atoms with Gasteiger partial charge in [0.05, 0.1) is 12.6 Å². The summed E-state index contributed by atoms with van der Waals surface area (Å²) >= 11 is 0. The first-order chi connectivity index (χ1) is 7.22. The molecule has 0 radical (unpaired) electrons. The molecule has 1 aromatic heterocycles. The van der Waals surface area contributed by atoms with Crippen molar-refractivity contribution < 1.29 is 13.9 Å². The highest BCUT2D eigenvalue weighted by atomic mass is 16.5. The highest BCUT2D eigenvalue weighted by Gasteiger charge is 2.30. The van der Waals surface area contributed by atoms with E-state index in [9.17, 15) is 4.79 Å². The van der Waals surface area contributed by atoms with Crippen molar-refractivity contribution in [3.8, 4) is 0 Å². The predicted octanol–water partition coefficient (Wildman–Crippen LogP) is 0.279. The van der Waals surface area contributed by atoms with E-state index in [2.05, 4.69) is 0 Å². The number of ether oxygens (including phenoxy) is 1. The minimum absolute atomic E-state index is 0.0935. The van der Waals surface area contributed by atoms with Crippen LogP contribution in [0.2, 0.25) is 0 Å². The molecule has 1 aromatic rings. The van der Waals surface area contributed by atoms with Gasteiger partial charge in [-0.2, -0.15) is 0 Å². The van der Waals surface area contributed by atoms with Crippen molar-refractivity contribution in [3.63, 3.8) is 0 Å². The molecule has 5 heteroatoms. The molecule has 2 rings (SSSR count). The van der Waals surface area contributed by atoms with Crippen molar-refractivity contribution >= 4 is 11.8 Å². The highest BCUT2D eigenvalue weighted by Crippen LogP contribution is 2.22. The Morgan fingerprint density at radius 3 is 3.00 bits per heavy atom. The number of morpholine rings is 1. The molecule has 1 fully saturated rings. The van der Waals surface area contributed by atoms with Crippen LogP contribution in [0.3, 0.4) is 0 Å². The standard InChI is InChI=1S/C10H14N2O3/c1-7-2-3-10(15-7)12-8(4-11)5-14-6-9(12)13/h2-3,8H,4-6,11H2,1H3. The van der Waals surface area contributed by atoms with Gasteiger partial charge < -0.3 is 14.9 Å². The zero-order valence-electron chi connectivity index (χ0n) is 8.60. The smallest absolute Gasteiger partial charge is 0.255 e. The molecule has 0 bridgehead atoms. The maximum absolute atomic E-state index is 11.7. The van der Waals surface area contributed by atoms with E-state index < -0.39 is 0 Å². The van der Waals surface area contributed by atoms with Crippen LogP contribution in [0.25, 0.3) is 0 Å². The Morgan fingerprint density at radius 1 is 1.60 bits per heavy atom. The molecule has 0 saturated carbocycles. The van der Waals surface area contributed by atoms with Gasteiger partial charge >= 0.3 is 0 Å². The first kappa shape index (κ1) is 10.2. The van der Waals surface area contributed by atoms with Crippen molar-refractivity contribution in [1.29, 1.82) is 0 Å². The van der Waals surface area contributed by atoms with Gasteiger partial charge in [-0.15, -0.1) is 0 Å². The molecule has 1 unspecified atom stereocenters. The normalized spacial score (nSPS) is 22.1. The van der Waals surface area contributed by atoms with Gasteiger partial charge in [-0.3, -0.25) is 9.69 Å². The van der Waals surface area contributed by atoms with E-state index in [4.69, 9.17) is 14.9 Å². The summed E-state index contributed by atoms with van der Waals surface area (Å²) in [5.41, 5.74) is 5.58. The lowest BCUT2D eigenvalue weighted by Crippen LogP contribution is -2.52. The lowest BCUT2D eigenvalue weighted by Gasteiger charge is -2.32. The molecule has 1 atom stereocenters. The fourth-order valence-corrected chi connectivity index (χ4v) is 1.66. The van der Waals surface area contributed by atoms with Gasteiger partial charge in [0, 0.05) is 12.6 Å². The second-order valence-electron chi connectivity index (χ2n) is 3.55. The summed E-state index contributed by atoms with van der Waals surface area (Å²) < 4.78 is 10.6. The third-order valence-electron chi connectivity index (χ3n) is 2.41. The summed E-state index contributed by atoms with van der Waals surface area (Å²) in [5.74, 6) is 1.22. The first-order valence-electron chi connectivity index (χ1n) is 4.88. The topological polar surface area (TPSA) is 68.7 Å². The molecule has 2 N–H and O–H groups in total. The number of amides is 1. The number of furan rings is 1. The number of rotatable bonds is 2. The van der Waals surface area contributed by atoms with E-state index in [0.717, 1.165) is 5.76 Å². The monoisotopic (exact) mass is 210 g/mol. The zero-order chi connectivity index (χ0) is 10.8. The van der Waals surface area contributed by atoms with Gasteiger partial charge in [0.1, 0.15) is 12.4 Å². The largest absolute Gasteiger partial charge is 0.445 e. The van der Waals surface area contributed by atoms with Gasteiger partial charge in [-0.05, 0) is 13.0 Å². The summed E-state index contributed by atoms with van der Waals surface area (Å²) in [6.45, 7) is 2.76. The lowest BCUT2D eigenvalue weighted by atomic mass is 10.2. The zero-order valence-corrected chi connectivity index (χ0v) is 8.60. The van der Waals surface area contributed by atoms with Crippen LogP contribution < -0.4 is 10.6 Å². The number of carbonyl (C=O) groups is 1. The second kappa shape index (κ2) is 4.04. The predicted molar refractivity (Wildman–Crippen MR) is 54.6 cm³/mol. The molecule has 15 heavy (non-hydrogen) atoms. The number of anilines is 1. The van der Waals surface area contributed by atoms with Crippen molar-refractivity contribution in [1.82, 2.24) is 0 Å². The summed E-state index contributed by atoms with van der Waals surface area (Å²) in [4.78, 5) is 13.2. The number of nitrogens with two attached hydrogens (primary N) is 1. The third-order valence-corrected chi connectivity index (χ3v) is 2.41. The van der Waals surface area contributed by atoms with Gasteiger partial charge in [-0.25, -0.2) is 0 Å². The Balaban J connectivity index is 2.26. The Kier molecular flexibility index (Phi) is 2.75. The Bertz CT molecular complexity index is 361. The molecular weight excluding hydrogens is 196 g/mol. The molecule has 1 aliphatic heterocycles. The van der Waals surface area contributed by atoms with Gasteiger partial charge in [0.2, 0.25) is 5.88 Å². The van der Waals surface area contributed by atoms with Crippen LogP contribution >= 0.6 is 0 Å². The first-order valence-corrected chi connectivity index (χ1v) is 4.88. The van der Waals surface area contributed by atoms with Crippen LogP contribution in [0.5, 0.6) is 0 Å².